The molecule has 0 aromatic rings. The minimum atomic E-state index is 0. The Morgan fingerprint density at radius 2 is 2.38 bits per heavy atom. The van der Waals surface area contributed by atoms with Crippen molar-refractivity contribution < 1.29 is 57.6 Å². The Hall–Kier alpha value is 1.05. The molecule has 0 amide bonds. The van der Waals surface area contributed by atoms with Gasteiger partial charge in [0, 0.05) is 6.42 Å². The van der Waals surface area contributed by atoms with E-state index in [0.717, 1.165) is 19.3 Å². The van der Waals surface area contributed by atoms with Gasteiger partial charge >= 0.3 is 51.4 Å². The van der Waals surface area contributed by atoms with Crippen molar-refractivity contribution in [3.05, 3.63) is 12.2 Å². The first-order valence-electron chi connectivity index (χ1n) is 2.59. The van der Waals surface area contributed by atoms with Crippen molar-refractivity contribution >= 4 is 5.78 Å². The van der Waals surface area contributed by atoms with Crippen LogP contribution in [0.15, 0.2) is 12.2 Å². The van der Waals surface area contributed by atoms with E-state index in [1.807, 2.05) is 6.08 Å². The van der Waals surface area contributed by atoms with Gasteiger partial charge in [-0.15, -0.1) is 0 Å². The van der Waals surface area contributed by atoms with Gasteiger partial charge in [-0.3, -0.25) is 4.79 Å². The number of rotatable bonds is 0. The van der Waals surface area contributed by atoms with Crippen molar-refractivity contribution in [1.29, 1.82) is 0 Å². The molecule has 0 heterocycles. The Balaban J connectivity index is 0. The predicted molar refractivity (Wildman–Crippen MR) is 29.1 cm³/mol. The first-order valence-corrected chi connectivity index (χ1v) is 2.59. The topological polar surface area (TPSA) is 17.1 Å². The molecule has 0 aromatic heterocycles. The normalized spacial score (nSPS) is 17.8. The van der Waals surface area contributed by atoms with Gasteiger partial charge in [-0.1, -0.05) is 6.08 Å². The molecule has 0 saturated heterocycles. The van der Waals surface area contributed by atoms with Gasteiger partial charge in [0.2, 0.25) is 0 Å². The summed E-state index contributed by atoms with van der Waals surface area (Å²) in [5.74, 6) is 0.284. The molecule has 0 radical (unpaired) electrons. The molecular formula is C6H9KO. The number of hydrogen-bond donors (Lipinski definition) is 0. The third-order valence-corrected chi connectivity index (χ3v) is 1.10. The van der Waals surface area contributed by atoms with Crippen molar-refractivity contribution in [2.75, 3.05) is 0 Å². The fourth-order valence-corrected chi connectivity index (χ4v) is 0.692. The number of carbonyl (C=O) groups excluding carboxylic acids is 1. The molecule has 0 N–H and O–H groups in total. The Morgan fingerprint density at radius 3 is 2.62 bits per heavy atom. The molecule has 1 rings (SSSR count). The van der Waals surface area contributed by atoms with Gasteiger partial charge < -0.3 is 1.43 Å². The van der Waals surface area contributed by atoms with Crippen molar-refractivity contribution in [3.8, 4) is 0 Å². The Morgan fingerprint density at radius 1 is 1.62 bits per heavy atom. The van der Waals surface area contributed by atoms with E-state index in [2.05, 4.69) is 0 Å². The minimum absolute atomic E-state index is 0. The first-order chi connectivity index (χ1) is 3.39. The molecule has 0 fully saturated rings. The van der Waals surface area contributed by atoms with Crippen LogP contribution in [-0.2, 0) is 4.79 Å². The Kier molecular flexibility index (Phi) is 5.52. The summed E-state index contributed by atoms with van der Waals surface area (Å²) in [5, 5.41) is 0. The number of ketones is 1. The van der Waals surface area contributed by atoms with E-state index in [-0.39, 0.29) is 58.6 Å². The third-order valence-electron chi connectivity index (χ3n) is 1.10. The molecule has 1 nitrogen and oxygen atoms in total. The molecule has 0 aliphatic heterocycles. The Bertz CT molecular complexity index is 112. The van der Waals surface area contributed by atoms with Gasteiger partial charge in [0.25, 0.3) is 0 Å². The molecule has 0 unspecified atom stereocenters. The summed E-state index contributed by atoms with van der Waals surface area (Å²) in [5.41, 5.74) is 0. The van der Waals surface area contributed by atoms with E-state index >= 15 is 0 Å². The van der Waals surface area contributed by atoms with Crippen LogP contribution in [0.1, 0.15) is 20.7 Å². The number of allylic oxidation sites excluding steroid dienone is 2. The maximum Gasteiger partial charge on any atom is 1.00 e. The van der Waals surface area contributed by atoms with Crippen LogP contribution in [-0.4, -0.2) is 5.78 Å². The van der Waals surface area contributed by atoms with Gasteiger partial charge in [-0.2, -0.15) is 0 Å². The van der Waals surface area contributed by atoms with Crippen LogP contribution < -0.4 is 51.4 Å². The molecule has 0 saturated carbocycles. The van der Waals surface area contributed by atoms with Crippen LogP contribution in [0.4, 0.5) is 0 Å². The van der Waals surface area contributed by atoms with Crippen LogP contribution in [0, 0.1) is 0 Å². The molecule has 0 atom stereocenters. The van der Waals surface area contributed by atoms with E-state index in [1.54, 1.807) is 6.08 Å². The molecule has 40 valence electrons. The minimum Gasteiger partial charge on any atom is -1.00 e. The summed E-state index contributed by atoms with van der Waals surface area (Å²) in [7, 11) is 0. The second-order valence-corrected chi connectivity index (χ2v) is 1.76. The molecule has 1 aliphatic carbocycles. The molecule has 2 heteroatoms. The second kappa shape index (κ2) is 4.88. The quantitative estimate of drug-likeness (QED) is 0.367. The zero-order valence-electron chi connectivity index (χ0n) is 6.18. The van der Waals surface area contributed by atoms with Gasteiger partial charge in [0.1, 0.15) is 0 Å². The smallest absolute Gasteiger partial charge is 1.00 e. The second-order valence-electron chi connectivity index (χ2n) is 1.76. The fraction of sp³-hybridized carbons (Fsp3) is 0.500. The predicted octanol–water partition coefficient (Wildman–Crippen LogP) is -1.59. The zero-order valence-corrected chi connectivity index (χ0v) is 8.31. The average Bonchev–Trinajstić information content (AvgIpc) is 1.69. The summed E-state index contributed by atoms with van der Waals surface area (Å²) in [6, 6.07) is 0. The third kappa shape index (κ3) is 3.15. The van der Waals surface area contributed by atoms with E-state index in [0.29, 0.717) is 0 Å². The molecular weight excluding hydrogens is 127 g/mol. The number of carbonyl (C=O) groups is 1. The van der Waals surface area contributed by atoms with Crippen molar-refractivity contribution in [3.63, 3.8) is 0 Å². The van der Waals surface area contributed by atoms with Gasteiger partial charge in [-0.25, -0.2) is 0 Å². The molecule has 0 spiro atoms. The maximum absolute atomic E-state index is 10.4. The average molecular weight is 136 g/mol. The zero-order chi connectivity index (χ0) is 5.11. The standard InChI is InChI=1S/C6H8O.K.H/c7-6-4-2-1-3-5-6;;/h2,4H,1,3,5H2;;/q;+1;-1. The SMILES string of the molecule is O=C1C=CCCC1.[H-].[K+]. The van der Waals surface area contributed by atoms with Crippen molar-refractivity contribution in [2.45, 2.75) is 19.3 Å². The molecule has 1 aliphatic rings. The molecule has 8 heavy (non-hydrogen) atoms. The first kappa shape index (κ1) is 9.05. The summed E-state index contributed by atoms with van der Waals surface area (Å²) < 4.78 is 0. The van der Waals surface area contributed by atoms with Crippen LogP contribution >= 0.6 is 0 Å². The van der Waals surface area contributed by atoms with Crippen LogP contribution in [0.5, 0.6) is 0 Å². The summed E-state index contributed by atoms with van der Waals surface area (Å²) in [6.45, 7) is 0. The van der Waals surface area contributed by atoms with Gasteiger partial charge in [0.15, 0.2) is 5.78 Å². The van der Waals surface area contributed by atoms with Crippen LogP contribution in [0.25, 0.3) is 0 Å². The number of hydrogen-bond acceptors (Lipinski definition) is 1. The summed E-state index contributed by atoms with van der Waals surface area (Å²) in [6.07, 6.45) is 6.51. The van der Waals surface area contributed by atoms with E-state index in [4.69, 9.17) is 0 Å². The monoisotopic (exact) mass is 136 g/mol. The van der Waals surface area contributed by atoms with Crippen LogP contribution in [0.3, 0.4) is 0 Å². The van der Waals surface area contributed by atoms with E-state index in [9.17, 15) is 4.79 Å². The van der Waals surface area contributed by atoms with Crippen molar-refractivity contribution in [2.24, 2.45) is 0 Å². The summed E-state index contributed by atoms with van der Waals surface area (Å²) in [4.78, 5) is 10.4. The molecule has 0 bridgehead atoms. The Labute approximate surface area is 93.4 Å². The van der Waals surface area contributed by atoms with E-state index < -0.39 is 0 Å². The van der Waals surface area contributed by atoms with E-state index in [1.165, 1.54) is 0 Å². The fourth-order valence-electron chi connectivity index (χ4n) is 0.692. The summed E-state index contributed by atoms with van der Waals surface area (Å²) >= 11 is 0. The largest absolute Gasteiger partial charge is 1.00 e. The van der Waals surface area contributed by atoms with Gasteiger partial charge in [-0.05, 0) is 18.9 Å². The molecule has 0 aromatic carbocycles. The van der Waals surface area contributed by atoms with Crippen LogP contribution in [0.2, 0.25) is 0 Å². The van der Waals surface area contributed by atoms with Crippen molar-refractivity contribution in [1.82, 2.24) is 0 Å². The van der Waals surface area contributed by atoms with Gasteiger partial charge in [0.05, 0.1) is 0 Å². The maximum atomic E-state index is 10.4.